The van der Waals surface area contributed by atoms with Gasteiger partial charge in [-0.15, -0.1) is 10.2 Å². The molecule has 0 atom stereocenters. The molecule has 0 aliphatic rings. The van der Waals surface area contributed by atoms with E-state index in [1.165, 1.54) is 6.07 Å². The summed E-state index contributed by atoms with van der Waals surface area (Å²) in [6.07, 6.45) is 1.02. The molecule has 0 radical (unpaired) electrons. The van der Waals surface area contributed by atoms with E-state index in [1.54, 1.807) is 30.3 Å². The summed E-state index contributed by atoms with van der Waals surface area (Å²) in [5, 5.41) is 8.11. The summed E-state index contributed by atoms with van der Waals surface area (Å²) in [5.74, 6) is 1.66. The van der Waals surface area contributed by atoms with Crippen LogP contribution in [0.2, 0.25) is 5.02 Å². The predicted molar refractivity (Wildman–Crippen MR) is 90.5 cm³/mol. The first-order valence-electron chi connectivity index (χ1n) is 7.04. The molecular weight excluding hydrogens is 354 g/mol. The Morgan fingerprint density at radius 1 is 1.08 bits per heavy atom. The maximum atomic E-state index is 11.5. The maximum Gasteiger partial charge on any atom is 0.267 e. The van der Waals surface area contributed by atoms with Crippen LogP contribution in [0.3, 0.4) is 0 Å². The van der Waals surface area contributed by atoms with Crippen LogP contribution in [0.15, 0.2) is 36.4 Å². The molecule has 0 fully saturated rings. The zero-order chi connectivity index (χ0) is 17.3. The molecule has 7 nitrogen and oxygen atoms in total. The second kappa shape index (κ2) is 6.29. The third-order valence-electron chi connectivity index (χ3n) is 3.07. The van der Waals surface area contributed by atoms with Gasteiger partial charge in [-0.05, 0) is 37.3 Å². The van der Waals surface area contributed by atoms with Crippen LogP contribution >= 0.6 is 11.6 Å². The van der Waals surface area contributed by atoms with Crippen molar-refractivity contribution in [2.24, 2.45) is 0 Å². The minimum Gasteiger partial charge on any atom is -0.494 e. The Morgan fingerprint density at radius 2 is 1.67 bits per heavy atom. The van der Waals surface area contributed by atoms with E-state index in [-0.39, 0.29) is 0 Å². The lowest BCUT2D eigenvalue weighted by molar-refractivity contribution is 0.339. The van der Waals surface area contributed by atoms with Gasteiger partial charge >= 0.3 is 0 Å². The number of ether oxygens (including phenoxy) is 2. The minimum atomic E-state index is -3.56. The molecule has 9 heteroatoms. The average Bonchev–Trinajstić information content (AvgIpc) is 2.93. The first kappa shape index (κ1) is 16.5. The summed E-state index contributed by atoms with van der Waals surface area (Å²) in [6.45, 7) is 2.49. The second-order valence-electron chi connectivity index (χ2n) is 4.96. The topological polar surface area (TPSA) is 83.3 Å². The molecule has 0 unspecified atom stereocenters. The SMILES string of the molecule is CCOc1ccc(Oc2cc3nn(S(C)(=O)=O)nc3cc2Cl)cc1. The molecule has 2 aromatic carbocycles. The van der Waals surface area contributed by atoms with Crippen LogP contribution in [0.25, 0.3) is 11.0 Å². The number of hydrogen-bond acceptors (Lipinski definition) is 6. The van der Waals surface area contributed by atoms with Crippen molar-refractivity contribution in [2.45, 2.75) is 6.92 Å². The third kappa shape index (κ3) is 3.44. The van der Waals surface area contributed by atoms with Crippen molar-refractivity contribution in [3.63, 3.8) is 0 Å². The number of nitrogens with zero attached hydrogens (tertiary/aromatic N) is 3. The molecule has 0 aliphatic carbocycles. The largest absolute Gasteiger partial charge is 0.494 e. The van der Waals surface area contributed by atoms with Gasteiger partial charge in [-0.25, -0.2) is 8.42 Å². The van der Waals surface area contributed by atoms with Crippen molar-refractivity contribution < 1.29 is 17.9 Å². The van der Waals surface area contributed by atoms with Gasteiger partial charge < -0.3 is 9.47 Å². The number of halogens is 1. The fourth-order valence-corrected chi connectivity index (χ4v) is 2.69. The predicted octanol–water partition coefficient (Wildman–Crippen LogP) is 3.08. The van der Waals surface area contributed by atoms with Crippen molar-refractivity contribution in [1.29, 1.82) is 0 Å². The van der Waals surface area contributed by atoms with Crippen LogP contribution in [-0.2, 0) is 10.0 Å². The van der Waals surface area contributed by atoms with Gasteiger partial charge in [0.2, 0.25) is 0 Å². The fourth-order valence-electron chi connectivity index (χ4n) is 2.02. The summed E-state index contributed by atoms with van der Waals surface area (Å²) in [4.78, 5) is 0. The van der Waals surface area contributed by atoms with Gasteiger partial charge in [-0.2, -0.15) is 0 Å². The van der Waals surface area contributed by atoms with E-state index < -0.39 is 10.0 Å². The van der Waals surface area contributed by atoms with Crippen LogP contribution in [0.4, 0.5) is 0 Å². The Kier molecular flexibility index (Phi) is 4.33. The molecular formula is C15H14ClN3O4S. The molecule has 1 aromatic heterocycles. The summed E-state index contributed by atoms with van der Waals surface area (Å²) < 4.78 is 34.8. The highest BCUT2D eigenvalue weighted by atomic mass is 35.5. The van der Waals surface area contributed by atoms with Crippen LogP contribution in [0.5, 0.6) is 17.2 Å². The number of fused-ring (bicyclic) bond motifs is 1. The Balaban J connectivity index is 1.92. The molecule has 0 N–H and O–H groups in total. The van der Waals surface area contributed by atoms with E-state index in [2.05, 4.69) is 10.2 Å². The summed E-state index contributed by atoms with van der Waals surface area (Å²) in [5.41, 5.74) is 0.732. The molecule has 0 aliphatic heterocycles. The van der Waals surface area contributed by atoms with E-state index in [1.807, 2.05) is 6.92 Å². The van der Waals surface area contributed by atoms with Gasteiger partial charge in [0.1, 0.15) is 28.3 Å². The number of aromatic nitrogens is 3. The summed E-state index contributed by atoms with van der Waals surface area (Å²) in [6, 6.07) is 10.1. The van der Waals surface area contributed by atoms with Crippen molar-refractivity contribution in [3.05, 3.63) is 41.4 Å². The zero-order valence-corrected chi connectivity index (χ0v) is 14.5. The van der Waals surface area contributed by atoms with E-state index in [4.69, 9.17) is 21.1 Å². The summed E-state index contributed by atoms with van der Waals surface area (Å²) in [7, 11) is -3.56. The molecule has 3 rings (SSSR count). The maximum absolute atomic E-state index is 11.5. The van der Waals surface area contributed by atoms with E-state index in [0.717, 1.165) is 12.0 Å². The molecule has 24 heavy (non-hydrogen) atoms. The van der Waals surface area contributed by atoms with Crippen molar-refractivity contribution in [2.75, 3.05) is 12.9 Å². The quantitative estimate of drug-likeness (QED) is 0.689. The van der Waals surface area contributed by atoms with E-state index in [0.29, 0.717) is 38.4 Å². The van der Waals surface area contributed by atoms with Crippen LogP contribution in [-0.4, -0.2) is 35.7 Å². The molecule has 0 bridgehead atoms. The van der Waals surface area contributed by atoms with Gasteiger partial charge in [0.05, 0.1) is 17.9 Å². The fraction of sp³-hybridized carbons (Fsp3) is 0.200. The molecule has 0 saturated heterocycles. The molecule has 1 heterocycles. The Bertz CT molecular complexity index is 984. The molecule has 0 saturated carbocycles. The number of benzene rings is 2. The highest BCUT2D eigenvalue weighted by Gasteiger charge is 2.14. The highest BCUT2D eigenvalue weighted by Crippen LogP contribution is 2.33. The van der Waals surface area contributed by atoms with E-state index >= 15 is 0 Å². The van der Waals surface area contributed by atoms with Crippen LogP contribution in [0.1, 0.15) is 6.92 Å². The average molecular weight is 368 g/mol. The third-order valence-corrected chi connectivity index (χ3v) is 4.13. The highest BCUT2D eigenvalue weighted by molar-refractivity contribution is 7.88. The lowest BCUT2D eigenvalue weighted by Gasteiger charge is -2.08. The molecule has 0 amide bonds. The van der Waals surface area contributed by atoms with Gasteiger partial charge in [-0.1, -0.05) is 15.8 Å². The Hall–Kier alpha value is -2.32. The number of hydrogen-bond donors (Lipinski definition) is 0. The monoisotopic (exact) mass is 367 g/mol. The first-order valence-corrected chi connectivity index (χ1v) is 9.27. The standard InChI is InChI=1S/C15H14ClN3O4S/c1-3-22-10-4-6-11(7-5-10)23-15-9-14-13(8-12(15)16)17-19(18-14)24(2,20)21/h4-9H,3H2,1-2H3. The Morgan fingerprint density at radius 3 is 2.25 bits per heavy atom. The lowest BCUT2D eigenvalue weighted by Crippen LogP contribution is -2.13. The molecule has 0 spiro atoms. The van der Waals surface area contributed by atoms with Crippen LogP contribution in [0, 0.1) is 0 Å². The Labute approximate surface area is 143 Å². The molecule has 126 valence electrons. The van der Waals surface area contributed by atoms with Gasteiger partial charge in [-0.3, -0.25) is 0 Å². The smallest absolute Gasteiger partial charge is 0.267 e. The molecule has 3 aromatic rings. The minimum absolute atomic E-state index is 0.303. The van der Waals surface area contributed by atoms with Crippen molar-refractivity contribution >= 4 is 32.7 Å². The van der Waals surface area contributed by atoms with Crippen LogP contribution < -0.4 is 9.47 Å². The lowest BCUT2D eigenvalue weighted by atomic mass is 10.3. The summed E-state index contributed by atoms with van der Waals surface area (Å²) >= 11 is 6.18. The first-order chi connectivity index (χ1) is 11.4. The van der Waals surface area contributed by atoms with Crippen molar-refractivity contribution in [3.8, 4) is 17.2 Å². The van der Waals surface area contributed by atoms with Gasteiger partial charge in [0.25, 0.3) is 10.0 Å². The van der Waals surface area contributed by atoms with Gasteiger partial charge in [0, 0.05) is 6.07 Å². The zero-order valence-electron chi connectivity index (χ0n) is 12.9. The van der Waals surface area contributed by atoms with Gasteiger partial charge in [0.15, 0.2) is 0 Å². The number of rotatable bonds is 5. The second-order valence-corrected chi connectivity index (χ2v) is 7.16. The normalized spacial score (nSPS) is 11.6. The van der Waals surface area contributed by atoms with E-state index in [9.17, 15) is 8.42 Å². The van der Waals surface area contributed by atoms with Crippen molar-refractivity contribution in [1.82, 2.24) is 14.4 Å².